The van der Waals surface area contributed by atoms with E-state index in [0.29, 0.717) is 13.0 Å². The molecule has 0 spiro atoms. The molecule has 0 heterocycles. The first-order valence-electron chi connectivity index (χ1n) is 6.78. The zero-order valence-corrected chi connectivity index (χ0v) is 13.1. The monoisotopic (exact) mass is 271 g/mol. The molecule has 0 aromatic rings. The van der Waals surface area contributed by atoms with Gasteiger partial charge in [-0.15, -0.1) is 0 Å². The van der Waals surface area contributed by atoms with Crippen molar-refractivity contribution < 1.29 is 9.59 Å². The van der Waals surface area contributed by atoms with Crippen LogP contribution in [0.15, 0.2) is 0 Å². The molecule has 2 amide bonds. The third kappa shape index (κ3) is 7.82. The lowest BCUT2D eigenvalue weighted by Crippen LogP contribution is -2.40. The second-order valence-electron chi connectivity index (χ2n) is 6.52. The third-order valence-corrected chi connectivity index (χ3v) is 2.98. The van der Waals surface area contributed by atoms with Crippen LogP contribution in [0.3, 0.4) is 0 Å². The van der Waals surface area contributed by atoms with Crippen LogP contribution < -0.4 is 11.1 Å². The third-order valence-electron chi connectivity index (χ3n) is 2.98. The number of amides is 2. The first-order valence-corrected chi connectivity index (χ1v) is 6.78. The fraction of sp³-hybridized carbons (Fsp3) is 0.857. The van der Waals surface area contributed by atoms with Crippen LogP contribution >= 0.6 is 0 Å². The molecule has 0 radical (unpaired) electrons. The van der Waals surface area contributed by atoms with Gasteiger partial charge in [0.05, 0.1) is 5.92 Å². The van der Waals surface area contributed by atoms with Crippen molar-refractivity contribution in [1.29, 1.82) is 0 Å². The van der Waals surface area contributed by atoms with Crippen LogP contribution in [-0.4, -0.2) is 43.4 Å². The smallest absolute Gasteiger partial charge is 0.224 e. The topological polar surface area (TPSA) is 75.4 Å². The van der Waals surface area contributed by atoms with E-state index in [1.54, 1.807) is 25.9 Å². The highest BCUT2D eigenvalue weighted by Gasteiger charge is 2.21. The summed E-state index contributed by atoms with van der Waals surface area (Å²) in [4.78, 5) is 25.0. The van der Waals surface area contributed by atoms with E-state index in [0.717, 1.165) is 6.42 Å². The number of carbonyl (C=O) groups is 2. The Morgan fingerprint density at radius 3 is 2.26 bits per heavy atom. The maximum atomic E-state index is 12.0. The molecule has 0 saturated carbocycles. The summed E-state index contributed by atoms with van der Waals surface area (Å²) in [6, 6.07) is -0.134. The van der Waals surface area contributed by atoms with Gasteiger partial charge >= 0.3 is 0 Å². The minimum Gasteiger partial charge on any atom is -0.359 e. The molecule has 0 rings (SSSR count). The second-order valence-corrected chi connectivity index (χ2v) is 6.52. The van der Waals surface area contributed by atoms with Crippen molar-refractivity contribution in [3.05, 3.63) is 0 Å². The van der Waals surface area contributed by atoms with Crippen molar-refractivity contribution in [3.63, 3.8) is 0 Å². The normalized spacial score (nSPS) is 14.7. The van der Waals surface area contributed by atoms with Gasteiger partial charge in [-0.1, -0.05) is 27.7 Å². The van der Waals surface area contributed by atoms with Gasteiger partial charge in [0.1, 0.15) is 0 Å². The van der Waals surface area contributed by atoms with Gasteiger partial charge in [0, 0.05) is 33.1 Å². The fourth-order valence-corrected chi connectivity index (χ4v) is 2.08. The van der Waals surface area contributed by atoms with Gasteiger partial charge in [0.15, 0.2) is 0 Å². The Bertz CT molecular complexity index is 310. The quantitative estimate of drug-likeness (QED) is 0.756. The summed E-state index contributed by atoms with van der Waals surface area (Å²) >= 11 is 0. The average molecular weight is 271 g/mol. The number of nitrogens with two attached hydrogens (primary N) is 1. The molecule has 5 heteroatoms. The number of nitrogens with one attached hydrogen (secondary N) is 1. The maximum absolute atomic E-state index is 12.0. The second kappa shape index (κ2) is 7.48. The van der Waals surface area contributed by atoms with Gasteiger partial charge < -0.3 is 16.0 Å². The van der Waals surface area contributed by atoms with E-state index in [9.17, 15) is 9.59 Å². The zero-order valence-electron chi connectivity index (χ0n) is 13.1. The number of hydrogen-bond acceptors (Lipinski definition) is 3. The summed E-state index contributed by atoms with van der Waals surface area (Å²) in [5, 5.41) is 2.58. The highest BCUT2D eigenvalue weighted by Crippen LogP contribution is 2.21. The van der Waals surface area contributed by atoms with E-state index in [1.165, 1.54) is 0 Å². The Kier molecular flexibility index (Phi) is 7.05. The molecule has 0 saturated heterocycles. The van der Waals surface area contributed by atoms with Gasteiger partial charge in [-0.2, -0.15) is 0 Å². The van der Waals surface area contributed by atoms with Crippen molar-refractivity contribution in [2.45, 2.75) is 46.6 Å². The molecule has 2 atom stereocenters. The molecule has 0 aromatic carbocycles. The van der Waals surface area contributed by atoms with Crippen molar-refractivity contribution in [1.82, 2.24) is 10.2 Å². The lowest BCUT2D eigenvalue weighted by Gasteiger charge is -2.25. The van der Waals surface area contributed by atoms with Crippen LogP contribution in [0, 0.1) is 11.3 Å². The standard InChI is InChI=1S/C14H29N3O2/c1-10(13(19)16-5)9-17(6)12(18)7-11(15)8-14(2,3)4/h10-11H,7-9,15H2,1-6H3,(H,16,19). The molecule has 19 heavy (non-hydrogen) atoms. The van der Waals surface area contributed by atoms with E-state index in [1.807, 2.05) is 0 Å². The fourth-order valence-electron chi connectivity index (χ4n) is 2.08. The Balaban J connectivity index is 4.24. The Hall–Kier alpha value is -1.10. The molecular formula is C14H29N3O2. The lowest BCUT2D eigenvalue weighted by molar-refractivity contribution is -0.132. The number of carbonyl (C=O) groups excluding carboxylic acids is 2. The number of rotatable bonds is 6. The lowest BCUT2D eigenvalue weighted by atomic mass is 9.87. The van der Waals surface area contributed by atoms with Crippen LogP contribution in [0.5, 0.6) is 0 Å². The predicted molar refractivity (Wildman–Crippen MR) is 77.5 cm³/mol. The molecule has 0 aliphatic heterocycles. The van der Waals surface area contributed by atoms with Crippen LogP contribution in [0.1, 0.15) is 40.5 Å². The zero-order chi connectivity index (χ0) is 15.2. The van der Waals surface area contributed by atoms with Gasteiger partial charge in [-0.25, -0.2) is 0 Å². The van der Waals surface area contributed by atoms with Gasteiger partial charge in [-0.05, 0) is 11.8 Å². The van der Waals surface area contributed by atoms with Crippen molar-refractivity contribution in [2.24, 2.45) is 17.1 Å². The molecular weight excluding hydrogens is 242 g/mol. The average Bonchev–Trinajstić information content (AvgIpc) is 2.24. The van der Waals surface area contributed by atoms with Crippen LogP contribution in [0.25, 0.3) is 0 Å². The van der Waals surface area contributed by atoms with E-state index in [4.69, 9.17) is 5.73 Å². The van der Waals surface area contributed by atoms with Crippen molar-refractivity contribution >= 4 is 11.8 Å². The highest BCUT2D eigenvalue weighted by molar-refractivity contribution is 5.80. The molecule has 0 fully saturated rings. The van der Waals surface area contributed by atoms with E-state index in [-0.39, 0.29) is 29.2 Å². The number of hydrogen-bond donors (Lipinski definition) is 2. The van der Waals surface area contributed by atoms with Gasteiger partial charge in [0.2, 0.25) is 11.8 Å². The summed E-state index contributed by atoms with van der Waals surface area (Å²) in [5.74, 6) is -0.274. The molecule has 2 unspecified atom stereocenters. The first-order chi connectivity index (χ1) is 8.56. The molecule has 5 nitrogen and oxygen atoms in total. The van der Waals surface area contributed by atoms with Gasteiger partial charge in [-0.3, -0.25) is 9.59 Å². The van der Waals surface area contributed by atoms with E-state index in [2.05, 4.69) is 26.1 Å². The summed E-state index contributed by atoms with van der Waals surface area (Å²) in [6.45, 7) is 8.54. The summed E-state index contributed by atoms with van der Waals surface area (Å²) in [7, 11) is 3.31. The summed E-state index contributed by atoms with van der Waals surface area (Å²) < 4.78 is 0. The van der Waals surface area contributed by atoms with Crippen molar-refractivity contribution in [2.75, 3.05) is 20.6 Å². The van der Waals surface area contributed by atoms with E-state index >= 15 is 0 Å². The molecule has 0 aliphatic carbocycles. The van der Waals surface area contributed by atoms with Gasteiger partial charge in [0.25, 0.3) is 0 Å². The molecule has 112 valence electrons. The van der Waals surface area contributed by atoms with Crippen LogP contribution in [-0.2, 0) is 9.59 Å². The van der Waals surface area contributed by atoms with E-state index < -0.39 is 0 Å². The molecule has 0 aromatic heterocycles. The minimum absolute atomic E-state index is 0.00694. The predicted octanol–water partition coefficient (Wildman–Crippen LogP) is 0.981. The SMILES string of the molecule is CNC(=O)C(C)CN(C)C(=O)CC(N)CC(C)(C)C. The Morgan fingerprint density at radius 2 is 1.84 bits per heavy atom. The molecule has 3 N–H and O–H groups in total. The highest BCUT2D eigenvalue weighted by atomic mass is 16.2. The molecule has 0 aliphatic rings. The maximum Gasteiger partial charge on any atom is 0.224 e. The van der Waals surface area contributed by atoms with Crippen molar-refractivity contribution in [3.8, 4) is 0 Å². The van der Waals surface area contributed by atoms with Crippen LogP contribution in [0.4, 0.5) is 0 Å². The largest absolute Gasteiger partial charge is 0.359 e. The molecule has 0 bridgehead atoms. The first kappa shape index (κ1) is 17.9. The minimum atomic E-state index is -0.210. The summed E-state index contributed by atoms with van der Waals surface area (Å²) in [5.41, 5.74) is 6.11. The Morgan fingerprint density at radius 1 is 1.32 bits per heavy atom. The van der Waals surface area contributed by atoms with Crippen LogP contribution in [0.2, 0.25) is 0 Å². The summed E-state index contributed by atoms with van der Waals surface area (Å²) in [6.07, 6.45) is 1.13. The number of nitrogens with zero attached hydrogens (tertiary/aromatic N) is 1. The Labute approximate surface area is 116 Å².